The molecule has 0 aliphatic rings. The van der Waals surface area contributed by atoms with Crippen molar-refractivity contribution in [1.29, 1.82) is 0 Å². The molecule has 2 N–H and O–H groups in total. The van der Waals surface area contributed by atoms with E-state index in [1.165, 1.54) is 6.07 Å². The molecular weight excluding hydrogens is 244 g/mol. The summed E-state index contributed by atoms with van der Waals surface area (Å²) >= 11 is 0. The molecule has 2 heterocycles. The van der Waals surface area contributed by atoms with Crippen molar-refractivity contribution in [2.75, 3.05) is 0 Å². The van der Waals surface area contributed by atoms with E-state index in [0.717, 1.165) is 11.3 Å². The maximum atomic E-state index is 10.8. The molecule has 3 aromatic rings. The first kappa shape index (κ1) is 11.2. The molecule has 0 fully saturated rings. The average molecular weight is 254 g/mol. The van der Waals surface area contributed by atoms with Gasteiger partial charge in [-0.2, -0.15) is 10.2 Å². The SMILES string of the molecule is O=C(O)c1cc(-c2cnn(-c3ccccc3)c2)n[nH]1. The van der Waals surface area contributed by atoms with Gasteiger partial charge in [0.25, 0.3) is 0 Å². The number of carboxylic acids is 1. The second-order valence-corrected chi connectivity index (χ2v) is 3.98. The highest BCUT2D eigenvalue weighted by Crippen LogP contribution is 2.18. The average Bonchev–Trinajstić information content (AvgIpc) is 3.09. The number of carbonyl (C=O) groups is 1. The van der Waals surface area contributed by atoms with Gasteiger partial charge in [-0.05, 0) is 18.2 Å². The van der Waals surface area contributed by atoms with E-state index >= 15 is 0 Å². The first-order valence-electron chi connectivity index (χ1n) is 5.63. The quantitative estimate of drug-likeness (QED) is 0.748. The maximum absolute atomic E-state index is 10.8. The standard InChI is InChI=1S/C13H10N4O2/c18-13(19)12-6-11(15-16-12)9-7-14-17(8-9)10-4-2-1-3-5-10/h1-8H,(H,15,16)(H,18,19). The van der Waals surface area contributed by atoms with Crippen molar-refractivity contribution in [1.82, 2.24) is 20.0 Å². The van der Waals surface area contributed by atoms with Crippen LogP contribution in [0.15, 0.2) is 48.8 Å². The van der Waals surface area contributed by atoms with Gasteiger partial charge in [0.2, 0.25) is 0 Å². The maximum Gasteiger partial charge on any atom is 0.353 e. The van der Waals surface area contributed by atoms with Gasteiger partial charge in [-0.3, -0.25) is 5.10 Å². The Labute approximate surface area is 108 Å². The van der Waals surface area contributed by atoms with Crippen LogP contribution in [0.3, 0.4) is 0 Å². The molecule has 0 aliphatic heterocycles. The van der Waals surface area contributed by atoms with Crippen LogP contribution in [0.1, 0.15) is 10.5 Å². The fraction of sp³-hybridized carbons (Fsp3) is 0. The molecule has 1 aromatic carbocycles. The molecule has 0 bridgehead atoms. The number of benzene rings is 1. The third-order valence-electron chi connectivity index (χ3n) is 2.71. The lowest BCUT2D eigenvalue weighted by molar-refractivity contribution is 0.0690. The van der Waals surface area contributed by atoms with Crippen molar-refractivity contribution in [3.63, 3.8) is 0 Å². The van der Waals surface area contributed by atoms with Crippen LogP contribution in [-0.2, 0) is 0 Å². The van der Waals surface area contributed by atoms with Gasteiger partial charge in [0.15, 0.2) is 0 Å². The van der Waals surface area contributed by atoms with Crippen LogP contribution in [0.5, 0.6) is 0 Å². The zero-order valence-corrected chi connectivity index (χ0v) is 9.82. The van der Waals surface area contributed by atoms with E-state index < -0.39 is 5.97 Å². The molecule has 94 valence electrons. The monoisotopic (exact) mass is 254 g/mol. The summed E-state index contributed by atoms with van der Waals surface area (Å²) in [6, 6.07) is 11.1. The molecule has 0 atom stereocenters. The van der Waals surface area contributed by atoms with E-state index in [-0.39, 0.29) is 5.69 Å². The summed E-state index contributed by atoms with van der Waals surface area (Å²) < 4.78 is 1.71. The number of carboxylic acid groups (broad SMARTS) is 1. The number of nitrogens with one attached hydrogen (secondary N) is 1. The third-order valence-corrected chi connectivity index (χ3v) is 2.71. The first-order chi connectivity index (χ1) is 9.24. The molecule has 0 spiro atoms. The first-order valence-corrected chi connectivity index (χ1v) is 5.63. The Kier molecular flexibility index (Phi) is 2.60. The van der Waals surface area contributed by atoms with Crippen molar-refractivity contribution in [3.8, 4) is 16.9 Å². The molecule has 6 nitrogen and oxygen atoms in total. The van der Waals surface area contributed by atoms with Crippen LogP contribution < -0.4 is 0 Å². The Bertz CT molecular complexity index is 715. The molecule has 0 radical (unpaired) electrons. The Morgan fingerprint density at radius 2 is 2.05 bits per heavy atom. The highest BCUT2D eigenvalue weighted by Gasteiger charge is 2.11. The highest BCUT2D eigenvalue weighted by molar-refractivity contribution is 5.86. The number of H-pyrrole nitrogens is 1. The lowest BCUT2D eigenvalue weighted by Crippen LogP contribution is -1.95. The van der Waals surface area contributed by atoms with Crippen LogP contribution in [0.25, 0.3) is 16.9 Å². The number of hydrogen-bond acceptors (Lipinski definition) is 3. The van der Waals surface area contributed by atoms with E-state index in [0.29, 0.717) is 5.69 Å². The molecule has 0 amide bonds. The summed E-state index contributed by atoms with van der Waals surface area (Å²) in [6.07, 6.45) is 3.45. The van der Waals surface area contributed by atoms with Gasteiger partial charge in [-0.1, -0.05) is 18.2 Å². The Balaban J connectivity index is 1.94. The summed E-state index contributed by atoms with van der Waals surface area (Å²) in [5.74, 6) is -1.03. The van der Waals surface area contributed by atoms with Crippen LogP contribution in [0, 0.1) is 0 Å². The third kappa shape index (κ3) is 2.11. The largest absolute Gasteiger partial charge is 0.477 e. The molecular formula is C13H10N4O2. The molecule has 6 heteroatoms. The highest BCUT2D eigenvalue weighted by atomic mass is 16.4. The summed E-state index contributed by atoms with van der Waals surface area (Å²) in [5, 5.41) is 19.5. The number of aromatic nitrogens is 4. The lowest BCUT2D eigenvalue weighted by Gasteiger charge is -1.98. The van der Waals surface area contributed by atoms with Crippen LogP contribution >= 0.6 is 0 Å². The minimum atomic E-state index is -1.03. The van der Waals surface area contributed by atoms with Crippen LogP contribution in [-0.4, -0.2) is 31.1 Å². The van der Waals surface area contributed by atoms with Crippen molar-refractivity contribution < 1.29 is 9.90 Å². The molecule has 0 aliphatic carbocycles. The molecule has 0 unspecified atom stereocenters. The summed E-state index contributed by atoms with van der Waals surface area (Å²) in [6.45, 7) is 0. The van der Waals surface area contributed by atoms with Gasteiger partial charge in [0, 0.05) is 11.8 Å². The normalized spacial score (nSPS) is 10.5. The van der Waals surface area contributed by atoms with Gasteiger partial charge in [0.1, 0.15) is 5.69 Å². The topological polar surface area (TPSA) is 83.8 Å². The Hall–Kier alpha value is -2.89. The van der Waals surface area contributed by atoms with E-state index in [4.69, 9.17) is 5.11 Å². The van der Waals surface area contributed by atoms with Crippen molar-refractivity contribution in [3.05, 3.63) is 54.5 Å². The minimum absolute atomic E-state index is 0.0578. The van der Waals surface area contributed by atoms with Gasteiger partial charge in [-0.15, -0.1) is 0 Å². The van der Waals surface area contributed by atoms with Gasteiger partial charge >= 0.3 is 5.97 Å². The van der Waals surface area contributed by atoms with E-state index in [1.54, 1.807) is 17.1 Å². The van der Waals surface area contributed by atoms with E-state index in [1.807, 2.05) is 30.3 Å². The fourth-order valence-corrected chi connectivity index (χ4v) is 1.76. The summed E-state index contributed by atoms with van der Waals surface area (Å²) in [4.78, 5) is 10.8. The Morgan fingerprint density at radius 1 is 1.26 bits per heavy atom. The zero-order valence-electron chi connectivity index (χ0n) is 9.82. The number of aromatic amines is 1. The smallest absolute Gasteiger partial charge is 0.353 e. The van der Waals surface area contributed by atoms with Gasteiger partial charge in [-0.25, -0.2) is 9.48 Å². The summed E-state index contributed by atoms with van der Waals surface area (Å²) in [5.41, 5.74) is 2.30. The van der Waals surface area contributed by atoms with Crippen LogP contribution in [0.2, 0.25) is 0 Å². The van der Waals surface area contributed by atoms with Crippen molar-refractivity contribution >= 4 is 5.97 Å². The van der Waals surface area contributed by atoms with Crippen molar-refractivity contribution in [2.45, 2.75) is 0 Å². The number of aromatic carboxylic acids is 1. The van der Waals surface area contributed by atoms with Crippen LogP contribution in [0.4, 0.5) is 0 Å². The number of para-hydroxylation sites is 1. The van der Waals surface area contributed by atoms with Crippen molar-refractivity contribution in [2.24, 2.45) is 0 Å². The molecule has 3 rings (SSSR count). The predicted octanol–water partition coefficient (Wildman–Crippen LogP) is 1.96. The minimum Gasteiger partial charge on any atom is -0.477 e. The number of nitrogens with zero attached hydrogens (tertiary/aromatic N) is 3. The van der Waals surface area contributed by atoms with E-state index in [2.05, 4.69) is 15.3 Å². The molecule has 0 saturated carbocycles. The number of hydrogen-bond donors (Lipinski definition) is 2. The molecule has 0 saturated heterocycles. The number of rotatable bonds is 3. The second kappa shape index (κ2) is 4.41. The van der Waals surface area contributed by atoms with Gasteiger partial charge < -0.3 is 5.11 Å². The van der Waals surface area contributed by atoms with E-state index in [9.17, 15) is 4.79 Å². The predicted molar refractivity (Wildman–Crippen MR) is 68.1 cm³/mol. The molecule has 2 aromatic heterocycles. The zero-order chi connectivity index (χ0) is 13.2. The lowest BCUT2D eigenvalue weighted by atomic mass is 10.2. The molecule has 19 heavy (non-hydrogen) atoms. The Morgan fingerprint density at radius 3 is 2.74 bits per heavy atom. The second-order valence-electron chi connectivity index (χ2n) is 3.98. The van der Waals surface area contributed by atoms with Gasteiger partial charge in [0.05, 0.1) is 17.6 Å². The summed E-state index contributed by atoms with van der Waals surface area (Å²) in [7, 11) is 0. The fourth-order valence-electron chi connectivity index (χ4n) is 1.76.